The average molecular weight is 245 g/mol. The largest absolute Gasteiger partial charge is 0.464 e. The molecule has 0 amide bonds. The van der Waals surface area contributed by atoms with Crippen LogP contribution in [-0.2, 0) is 0 Å². The predicted octanol–water partition coefficient (Wildman–Crippen LogP) is 4.52. The van der Waals surface area contributed by atoms with Gasteiger partial charge in [0.05, 0.1) is 6.26 Å². The van der Waals surface area contributed by atoms with Crippen molar-refractivity contribution in [1.29, 1.82) is 0 Å². The summed E-state index contributed by atoms with van der Waals surface area (Å²) < 4.78 is 5.64. The third-order valence-corrected chi connectivity index (χ3v) is 3.96. The Morgan fingerprint density at radius 3 is 2.56 bits per heavy atom. The molecule has 18 heavy (non-hydrogen) atoms. The molecule has 2 heteroatoms. The Kier molecular flexibility index (Phi) is 4.43. The van der Waals surface area contributed by atoms with Gasteiger partial charge >= 0.3 is 0 Å². The summed E-state index contributed by atoms with van der Waals surface area (Å²) >= 11 is 0. The fourth-order valence-corrected chi connectivity index (χ4v) is 2.62. The molecule has 2 aromatic rings. The van der Waals surface area contributed by atoms with E-state index in [9.17, 15) is 0 Å². The standard InChI is InChI=1S/C16H23NO/c1-4-12(5-2)10-15(17-3)14-11-18-16-9-7-6-8-13(14)16/h6-9,11-12,15,17H,4-5,10H2,1-3H3. The molecule has 1 unspecified atom stereocenters. The van der Waals surface area contributed by atoms with Gasteiger partial charge in [-0.2, -0.15) is 0 Å². The van der Waals surface area contributed by atoms with Crippen molar-refractivity contribution in [3.8, 4) is 0 Å². The first kappa shape index (κ1) is 13.2. The zero-order valence-corrected chi connectivity index (χ0v) is 11.6. The fourth-order valence-electron chi connectivity index (χ4n) is 2.62. The minimum Gasteiger partial charge on any atom is -0.464 e. The van der Waals surface area contributed by atoms with E-state index in [4.69, 9.17) is 4.42 Å². The van der Waals surface area contributed by atoms with E-state index in [1.54, 1.807) is 0 Å². The van der Waals surface area contributed by atoms with Gasteiger partial charge in [-0.25, -0.2) is 0 Å². The predicted molar refractivity (Wildman–Crippen MR) is 76.7 cm³/mol. The van der Waals surface area contributed by atoms with Crippen LogP contribution in [0.4, 0.5) is 0 Å². The molecule has 1 atom stereocenters. The highest BCUT2D eigenvalue weighted by Gasteiger charge is 2.18. The van der Waals surface area contributed by atoms with Crippen molar-refractivity contribution in [2.75, 3.05) is 7.05 Å². The maximum absolute atomic E-state index is 5.64. The molecule has 1 heterocycles. The second-order valence-electron chi connectivity index (χ2n) is 4.95. The fraction of sp³-hybridized carbons (Fsp3) is 0.500. The lowest BCUT2D eigenvalue weighted by Crippen LogP contribution is -2.19. The first-order valence-corrected chi connectivity index (χ1v) is 6.93. The third-order valence-electron chi connectivity index (χ3n) is 3.96. The molecule has 1 aromatic heterocycles. The highest BCUT2D eigenvalue weighted by molar-refractivity contribution is 5.81. The minimum absolute atomic E-state index is 0.388. The van der Waals surface area contributed by atoms with Crippen molar-refractivity contribution in [3.05, 3.63) is 36.1 Å². The van der Waals surface area contributed by atoms with E-state index in [1.807, 2.05) is 25.4 Å². The summed E-state index contributed by atoms with van der Waals surface area (Å²) in [5.41, 5.74) is 2.28. The van der Waals surface area contributed by atoms with Gasteiger partial charge in [0.2, 0.25) is 0 Å². The Hall–Kier alpha value is -1.28. The first-order valence-electron chi connectivity index (χ1n) is 6.93. The van der Waals surface area contributed by atoms with Gasteiger partial charge in [-0.15, -0.1) is 0 Å². The van der Waals surface area contributed by atoms with Crippen LogP contribution in [0.3, 0.4) is 0 Å². The second-order valence-corrected chi connectivity index (χ2v) is 4.95. The Balaban J connectivity index is 2.26. The first-order chi connectivity index (χ1) is 8.80. The number of nitrogens with one attached hydrogen (secondary N) is 1. The molecule has 0 radical (unpaired) electrons. The van der Waals surface area contributed by atoms with Crippen molar-refractivity contribution < 1.29 is 4.42 Å². The molecule has 1 N–H and O–H groups in total. The summed E-state index contributed by atoms with van der Waals surface area (Å²) in [6.07, 6.45) is 5.57. The van der Waals surface area contributed by atoms with Crippen molar-refractivity contribution in [2.45, 2.75) is 39.2 Å². The summed E-state index contributed by atoms with van der Waals surface area (Å²) in [7, 11) is 2.04. The van der Waals surface area contributed by atoms with E-state index in [0.29, 0.717) is 6.04 Å². The van der Waals surface area contributed by atoms with Crippen LogP contribution in [0.1, 0.15) is 44.7 Å². The van der Waals surface area contributed by atoms with Crippen LogP contribution in [-0.4, -0.2) is 7.05 Å². The Bertz CT molecular complexity index is 485. The molecule has 0 bridgehead atoms. The van der Waals surface area contributed by atoms with Gasteiger partial charge in [0.25, 0.3) is 0 Å². The Morgan fingerprint density at radius 1 is 1.17 bits per heavy atom. The molecule has 98 valence electrons. The lowest BCUT2D eigenvalue weighted by molar-refractivity contribution is 0.384. The third kappa shape index (κ3) is 2.59. The van der Waals surface area contributed by atoms with Gasteiger partial charge in [0.15, 0.2) is 0 Å². The molecule has 1 aromatic carbocycles. The number of hydrogen-bond acceptors (Lipinski definition) is 2. The number of benzene rings is 1. The summed E-state index contributed by atoms with van der Waals surface area (Å²) in [5.74, 6) is 0.774. The van der Waals surface area contributed by atoms with E-state index in [2.05, 4.69) is 31.3 Å². The number of rotatable bonds is 6. The zero-order chi connectivity index (χ0) is 13.0. The topological polar surface area (TPSA) is 25.2 Å². The van der Waals surface area contributed by atoms with Gasteiger partial charge in [-0.3, -0.25) is 0 Å². The van der Waals surface area contributed by atoms with Crippen LogP contribution < -0.4 is 5.32 Å². The molecular weight excluding hydrogens is 222 g/mol. The van der Waals surface area contributed by atoms with Gasteiger partial charge in [0.1, 0.15) is 5.58 Å². The van der Waals surface area contributed by atoms with Crippen LogP contribution in [0.15, 0.2) is 34.9 Å². The second kappa shape index (κ2) is 6.05. The molecule has 0 aliphatic carbocycles. The quantitative estimate of drug-likeness (QED) is 0.809. The highest BCUT2D eigenvalue weighted by Crippen LogP contribution is 2.31. The Labute approximate surface area is 109 Å². The molecule has 0 spiro atoms. The monoisotopic (exact) mass is 245 g/mol. The smallest absolute Gasteiger partial charge is 0.134 e. The lowest BCUT2D eigenvalue weighted by atomic mass is 9.91. The summed E-state index contributed by atoms with van der Waals surface area (Å²) in [4.78, 5) is 0. The normalized spacial score (nSPS) is 13.3. The van der Waals surface area contributed by atoms with Crippen LogP contribution in [0.5, 0.6) is 0 Å². The Morgan fingerprint density at radius 2 is 1.89 bits per heavy atom. The SMILES string of the molecule is CCC(CC)CC(NC)c1coc2ccccc12. The zero-order valence-electron chi connectivity index (χ0n) is 11.6. The highest BCUT2D eigenvalue weighted by atomic mass is 16.3. The minimum atomic E-state index is 0.388. The molecule has 2 nitrogen and oxygen atoms in total. The number of hydrogen-bond donors (Lipinski definition) is 1. The van der Waals surface area contributed by atoms with Crippen molar-refractivity contribution in [1.82, 2.24) is 5.32 Å². The van der Waals surface area contributed by atoms with Crippen molar-refractivity contribution in [3.63, 3.8) is 0 Å². The van der Waals surface area contributed by atoms with Gasteiger partial charge in [-0.1, -0.05) is 44.9 Å². The maximum atomic E-state index is 5.64. The molecule has 0 fully saturated rings. The summed E-state index contributed by atoms with van der Waals surface area (Å²) in [6, 6.07) is 8.66. The molecule has 2 rings (SSSR count). The van der Waals surface area contributed by atoms with Gasteiger partial charge < -0.3 is 9.73 Å². The molecule has 0 aliphatic rings. The lowest BCUT2D eigenvalue weighted by Gasteiger charge is -2.20. The van der Waals surface area contributed by atoms with Crippen molar-refractivity contribution in [2.24, 2.45) is 5.92 Å². The van der Waals surface area contributed by atoms with Crippen LogP contribution in [0, 0.1) is 5.92 Å². The van der Waals surface area contributed by atoms with E-state index in [0.717, 1.165) is 11.5 Å². The van der Waals surface area contributed by atoms with E-state index < -0.39 is 0 Å². The van der Waals surface area contributed by atoms with Crippen LogP contribution in [0.2, 0.25) is 0 Å². The molecule has 0 saturated heterocycles. The average Bonchev–Trinajstić information content (AvgIpc) is 2.84. The van der Waals surface area contributed by atoms with E-state index in [-0.39, 0.29) is 0 Å². The molecule has 0 saturated carbocycles. The van der Waals surface area contributed by atoms with Crippen LogP contribution in [0.25, 0.3) is 11.0 Å². The summed E-state index contributed by atoms with van der Waals surface area (Å²) in [5, 5.41) is 4.67. The van der Waals surface area contributed by atoms with Crippen molar-refractivity contribution >= 4 is 11.0 Å². The maximum Gasteiger partial charge on any atom is 0.134 e. The van der Waals surface area contributed by atoms with Gasteiger partial charge in [0, 0.05) is 17.0 Å². The molecular formula is C16H23NO. The summed E-state index contributed by atoms with van der Waals surface area (Å²) in [6.45, 7) is 4.54. The number of furan rings is 1. The van der Waals surface area contributed by atoms with E-state index >= 15 is 0 Å². The molecule has 0 aliphatic heterocycles. The van der Waals surface area contributed by atoms with E-state index in [1.165, 1.54) is 30.2 Å². The van der Waals surface area contributed by atoms with Gasteiger partial charge in [-0.05, 0) is 25.5 Å². The number of para-hydroxylation sites is 1. The number of fused-ring (bicyclic) bond motifs is 1. The van der Waals surface area contributed by atoms with Crippen LogP contribution >= 0.6 is 0 Å².